The first kappa shape index (κ1) is 25.5. The number of rotatable bonds is 6. The summed E-state index contributed by atoms with van der Waals surface area (Å²) in [4.78, 5) is 28.6. The molecule has 1 amide bonds. The van der Waals surface area contributed by atoms with Crippen LogP contribution in [0, 0.1) is 6.92 Å². The number of fused-ring (bicyclic) bond motifs is 4. The molecule has 1 atom stereocenters. The van der Waals surface area contributed by atoms with Crippen LogP contribution in [0.4, 0.5) is 5.82 Å². The number of likely N-dealkylation sites (N-methyl/N-ethyl adjacent to an activating group) is 1. The van der Waals surface area contributed by atoms with Gasteiger partial charge in [-0.15, -0.1) is 0 Å². The second kappa shape index (κ2) is 10.2. The fraction of sp³-hybridized carbons (Fsp3) is 0.367. The fourth-order valence-corrected chi connectivity index (χ4v) is 6.30. The van der Waals surface area contributed by atoms with E-state index >= 15 is 0 Å². The number of nitrogens with zero attached hydrogens (tertiary/aromatic N) is 7. The number of hydrogen-bond donors (Lipinski definition) is 2. The molecule has 2 N–H and O–H groups in total. The van der Waals surface area contributed by atoms with E-state index in [-0.39, 0.29) is 5.91 Å². The lowest BCUT2D eigenvalue weighted by atomic mass is 9.93. The van der Waals surface area contributed by atoms with Gasteiger partial charge in [-0.1, -0.05) is 12.6 Å². The smallest absolute Gasteiger partial charge is 0.319 e. The Balaban J connectivity index is 1.38. The second-order valence-electron chi connectivity index (χ2n) is 11.0. The molecule has 7 rings (SSSR count). The van der Waals surface area contributed by atoms with Gasteiger partial charge in [0.25, 0.3) is 0 Å². The first-order chi connectivity index (χ1) is 20.0. The van der Waals surface area contributed by atoms with Crippen LogP contribution in [-0.4, -0.2) is 98.5 Å². The number of hydrogen-bond acceptors (Lipinski definition) is 8. The highest BCUT2D eigenvalue weighted by molar-refractivity contribution is 6.17. The predicted molar refractivity (Wildman–Crippen MR) is 159 cm³/mol. The van der Waals surface area contributed by atoms with E-state index in [4.69, 9.17) is 14.7 Å². The van der Waals surface area contributed by atoms with Crippen molar-refractivity contribution in [1.29, 1.82) is 0 Å². The predicted octanol–water partition coefficient (Wildman–Crippen LogP) is 3.67. The van der Waals surface area contributed by atoms with Gasteiger partial charge in [0.2, 0.25) is 5.91 Å². The number of H-pyrrole nitrogens is 2. The van der Waals surface area contributed by atoms with E-state index in [9.17, 15) is 4.79 Å². The van der Waals surface area contributed by atoms with Crippen molar-refractivity contribution in [3.63, 3.8) is 0 Å². The molecule has 2 aliphatic heterocycles. The van der Waals surface area contributed by atoms with E-state index in [1.54, 1.807) is 0 Å². The molecule has 210 valence electrons. The van der Waals surface area contributed by atoms with Crippen LogP contribution < -0.4 is 9.64 Å². The van der Waals surface area contributed by atoms with Crippen LogP contribution in [-0.2, 0) is 4.79 Å². The standard InChI is InChI=1S/C30H33N9O2/c1-4-25(40)38-10-12-39(13-11-38)29-27-24(33-30(34-29)41-17-19-6-5-9-37(19)3)14-20(21-15-32-36-28(21)27)26-18(2)7-8-23-22(26)16-31-35-23/h4,7-8,14-16,19H,1,5-6,9-13,17H2,2-3H3,(H,31,35)(H,32,36). The molecule has 2 aliphatic rings. The third-order valence-electron chi connectivity index (χ3n) is 8.60. The number of aryl methyl sites for hydroxylation is 1. The number of aromatic amines is 2. The van der Waals surface area contributed by atoms with Crippen LogP contribution in [0.2, 0.25) is 0 Å². The van der Waals surface area contributed by atoms with E-state index in [2.05, 4.69) is 68.9 Å². The van der Waals surface area contributed by atoms with E-state index in [1.165, 1.54) is 12.5 Å². The number of carbonyl (C=O) groups excluding carboxylic acids is 1. The van der Waals surface area contributed by atoms with Crippen LogP contribution in [0.15, 0.2) is 43.2 Å². The highest BCUT2D eigenvalue weighted by atomic mass is 16.5. The van der Waals surface area contributed by atoms with Crippen molar-refractivity contribution in [2.45, 2.75) is 25.8 Å². The van der Waals surface area contributed by atoms with Gasteiger partial charge in [-0.2, -0.15) is 20.2 Å². The van der Waals surface area contributed by atoms with Gasteiger partial charge < -0.3 is 19.4 Å². The van der Waals surface area contributed by atoms with Gasteiger partial charge in [0.05, 0.1) is 34.3 Å². The highest BCUT2D eigenvalue weighted by Gasteiger charge is 2.27. The number of benzene rings is 2. The van der Waals surface area contributed by atoms with Gasteiger partial charge in [-0.25, -0.2) is 0 Å². The number of ether oxygens (including phenoxy) is 1. The molecule has 3 aromatic heterocycles. The molecule has 2 fully saturated rings. The SMILES string of the molecule is C=CC(=O)N1CCN(c2nc(OCC3CCCN3C)nc3cc(-c4c(C)ccc5[nH]ncc45)c4cn[nH]c4c23)CC1. The highest BCUT2D eigenvalue weighted by Crippen LogP contribution is 2.41. The first-order valence-electron chi connectivity index (χ1n) is 14.1. The summed E-state index contributed by atoms with van der Waals surface area (Å²) in [6, 6.07) is 6.99. The zero-order valence-electron chi connectivity index (χ0n) is 23.4. The normalized spacial score (nSPS) is 18.1. The summed E-state index contributed by atoms with van der Waals surface area (Å²) < 4.78 is 6.29. The summed E-state index contributed by atoms with van der Waals surface area (Å²) in [5.74, 6) is 0.737. The number of nitrogens with one attached hydrogen (secondary N) is 2. The Morgan fingerprint density at radius 1 is 1.10 bits per heavy atom. The number of anilines is 1. The zero-order valence-corrected chi connectivity index (χ0v) is 23.4. The van der Waals surface area contributed by atoms with Gasteiger partial charge in [-0.05, 0) is 68.3 Å². The van der Waals surface area contributed by atoms with Crippen LogP contribution in [0.5, 0.6) is 6.01 Å². The molecule has 11 nitrogen and oxygen atoms in total. The first-order valence-corrected chi connectivity index (χ1v) is 14.1. The number of piperazine rings is 1. The Bertz CT molecular complexity index is 1780. The zero-order chi connectivity index (χ0) is 28.1. The minimum absolute atomic E-state index is 0.0497. The van der Waals surface area contributed by atoms with Crippen molar-refractivity contribution in [2.24, 2.45) is 0 Å². The van der Waals surface area contributed by atoms with Gasteiger partial charge in [0.15, 0.2) is 0 Å². The Morgan fingerprint density at radius 3 is 2.68 bits per heavy atom. The molecule has 2 saturated heterocycles. The molecule has 2 aromatic carbocycles. The number of carbonyl (C=O) groups is 1. The molecule has 1 unspecified atom stereocenters. The van der Waals surface area contributed by atoms with E-state index in [1.807, 2.05) is 17.3 Å². The molecule has 41 heavy (non-hydrogen) atoms. The molecule has 5 aromatic rings. The molecule has 0 aliphatic carbocycles. The quantitative estimate of drug-likeness (QED) is 0.307. The summed E-state index contributed by atoms with van der Waals surface area (Å²) >= 11 is 0. The minimum Gasteiger partial charge on any atom is -0.462 e. The Labute approximate surface area is 237 Å². The lowest BCUT2D eigenvalue weighted by Crippen LogP contribution is -2.48. The Morgan fingerprint density at radius 2 is 1.90 bits per heavy atom. The van der Waals surface area contributed by atoms with Crippen LogP contribution in [0.1, 0.15) is 18.4 Å². The van der Waals surface area contributed by atoms with Crippen molar-refractivity contribution >= 4 is 44.4 Å². The van der Waals surface area contributed by atoms with Crippen LogP contribution >= 0.6 is 0 Å². The van der Waals surface area contributed by atoms with E-state index < -0.39 is 0 Å². The maximum Gasteiger partial charge on any atom is 0.319 e. The van der Waals surface area contributed by atoms with E-state index in [0.717, 1.165) is 68.2 Å². The van der Waals surface area contributed by atoms with Crippen molar-refractivity contribution in [3.05, 3.63) is 48.8 Å². The third kappa shape index (κ3) is 4.37. The van der Waals surface area contributed by atoms with Crippen molar-refractivity contribution in [1.82, 2.24) is 40.2 Å². The largest absolute Gasteiger partial charge is 0.462 e. The molecule has 0 spiro atoms. The van der Waals surface area contributed by atoms with Crippen LogP contribution in [0.3, 0.4) is 0 Å². The monoisotopic (exact) mass is 551 g/mol. The second-order valence-corrected chi connectivity index (χ2v) is 11.0. The Kier molecular flexibility index (Phi) is 6.30. The molecule has 11 heteroatoms. The number of aromatic nitrogens is 6. The summed E-state index contributed by atoms with van der Waals surface area (Å²) in [7, 11) is 2.14. The maximum atomic E-state index is 12.2. The molecule has 5 heterocycles. The molecular formula is C30H33N9O2. The number of likely N-dealkylation sites (tertiary alicyclic amines) is 1. The lowest BCUT2D eigenvalue weighted by Gasteiger charge is -2.35. The fourth-order valence-electron chi connectivity index (χ4n) is 6.30. The topological polar surface area (TPSA) is 119 Å². The number of amides is 1. The average Bonchev–Trinajstić information content (AvgIpc) is 3.76. The molecule has 0 saturated carbocycles. The molecular weight excluding hydrogens is 518 g/mol. The van der Waals surface area contributed by atoms with Gasteiger partial charge in [0.1, 0.15) is 12.4 Å². The third-order valence-corrected chi connectivity index (χ3v) is 8.60. The lowest BCUT2D eigenvalue weighted by molar-refractivity contribution is -0.126. The van der Waals surface area contributed by atoms with Gasteiger partial charge in [0, 0.05) is 43.0 Å². The maximum absolute atomic E-state index is 12.2. The Hall–Kier alpha value is -4.51. The van der Waals surface area contributed by atoms with Crippen LogP contribution in [0.25, 0.3) is 43.8 Å². The van der Waals surface area contributed by atoms with Gasteiger partial charge >= 0.3 is 6.01 Å². The van der Waals surface area contributed by atoms with Crippen molar-refractivity contribution < 1.29 is 9.53 Å². The summed E-state index contributed by atoms with van der Waals surface area (Å²) in [5, 5.41) is 18.0. The van der Waals surface area contributed by atoms with E-state index in [0.29, 0.717) is 44.8 Å². The van der Waals surface area contributed by atoms with Gasteiger partial charge in [-0.3, -0.25) is 15.0 Å². The molecule has 0 bridgehead atoms. The van der Waals surface area contributed by atoms with Crippen molar-refractivity contribution in [3.8, 4) is 17.1 Å². The summed E-state index contributed by atoms with van der Waals surface area (Å²) in [6.45, 7) is 9.83. The minimum atomic E-state index is -0.0497. The average molecular weight is 552 g/mol. The summed E-state index contributed by atoms with van der Waals surface area (Å²) in [6.07, 6.45) is 7.38. The summed E-state index contributed by atoms with van der Waals surface area (Å²) in [5.41, 5.74) is 5.89. The molecule has 0 radical (unpaired) electrons. The van der Waals surface area contributed by atoms with Crippen molar-refractivity contribution in [2.75, 3.05) is 51.3 Å².